The highest BCUT2D eigenvalue weighted by atomic mass is 16.6. The Morgan fingerprint density at radius 3 is 2.28 bits per heavy atom. The number of carbonyl (C=O) groups is 2. The minimum atomic E-state index is -1.29. The average molecular weight is 438 g/mol. The third-order valence-electron chi connectivity index (χ3n) is 6.93. The molecule has 2 aromatic rings. The number of hydrogen-bond donors (Lipinski definition) is 1. The van der Waals surface area contributed by atoms with Gasteiger partial charge < -0.3 is 14.6 Å². The molecule has 2 aliphatic rings. The predicted molar refractivity (Wildman–Crippen MR) is 122 cm³/mol. The first-order chi connectivity index (χ1) is 15.5. The van der Waals surface area contributed by atoms with Gasteiger partial charge in [0.05, 0.1) is 6.10 Å². The Kier molecular flexibility index (Phi) is 6.51. The van der Waals surface area contributed by atoms with E-state index in [1.54, 1.807) is 7.11 Å². The van der Waals surface area contributed by atoms with Crippen LogP contribution in [0.15, 0.2) is 48.5 Å². The largest absolute Gasteiger partial charge is 0.479 e. The van der Waals surface area contributed by atoms with Gasteiger partial charge in [0.15, 0.2) is 0 Å². The second-order valence-electron chi connectivity index (χ2n) is 8.75. The molecular weight excluding hydrogens is 406 g/mol. The van der Waals surface area contributed by atoms with Gasteiger partial charge in [-0.05, 0) is 47.9 Å². The van der Waals surface area contributed by atoms with E-state index < -0.39 is 17.6 Å². The Hall–Kier alpha value is -2.86. The number of carboxylic acids is 1. The standard InChI is InChI=1S/C26H31NO5/c1-3-15-27(26(24(28)29)14-8-9-18(16-26)31-2)25(30)32-17-23-21-12-6-4-10-19(21)20-11-5-7-13-22(20)23/h4-7,10-13,18,23H,3,8-9,14-17H2,1-2H3,(H,28,29). The van der Waals surface area contributed by atoms with E-state index in [-0.39, 0.29) is 25.0 Å². The van der Waals surface area contributed by atoms with Crippen molar-refractivity contribution in [3.05, 3.63) is 59.7 Å². The van der Waals surface area contributed by atoms with E-state index in [1.165, 1.54) is 4.90 Å². The molecule has 0 radical (unpaired) electrons. The van der Waals surface area contributed by atoms with Gasteiger partial charge >= 0.3 is 12.1 Å². The summed E-state index contributed by atoms with van der Waals surface area (Å²) >= 11 is 0. The number of hydrogen-bond acceptors (Lipinski definition) is 4. The summed E-state index contributed by atoms with van der Waals surface area (Å²) in [4.78, 5) is 27.2. The van der Waals surface area contributed by atoms with E-state index >= 15 is 0 Å². The lowest BCUT2D eigenvalue weighted by atomic mass is 9.78. The van der Waals surface area contributed by atoms with Gasteiger partial charge in [0, 0.05) is 26.0 Å². The molecule has 32 heavy (non-hydrogen) atoms. The number of carbonyl (C=O) groups excluding carboxylic acids is 1. The van der Waals surface area contributed by atoms with Crippen LogP contribution < -0.4 is 0 Å². The van der Waals surface area contributed by atoms with E-state index in [1.807, 2.05) is 31.2 Å². The van der Waals surface area contributed by atoms with Crippen molar-refractivity contribution in [3.8, 4) is 11.1 Å². The molecule has 170 valence electrons. The van der Waals surface area contributed by atoms with Crippen molar-refractivity contribution in [2.24, 2.45) is 0 Å². The SMILES string of the molecule is CCCN(C(=O)OCC1c2ccccc2-c2ccccc21)C1(C(=O)O)CCCC(OC)C1. The second kappa shape index (κ2) is 9.33. The molecule has 2 atom stereocenters. The monoisotopic (exact) mass is 437 g/mol. The first-order valence-corrected chi connectivity index (χ1v) is 11.4. The second-order valence-corrected chi connectivity index (χ2v) is 8.75. The first kappa shape index (κ1) is 22.3. The average Bonchev–Trinajstić information content (AvgIpc) is 3.14. The summed E-state index contributed by atoms with van der Waals surface area (Å²) in [7, 11) is 1.60. The summed E-state index contributed by atoms with van der Waals surface area (Å²) in [5.74, 6) is -1.05. The molecule has 2 aliphatic carbocycles. The smallest absolute Gasteiger partial charge is 0.410 e. The third-order valence-corrected chi connectivity index (χ3v) is 6.93. The van der Waals surface area contributed by atoms with Crippen LogP contribution in [0.5, 0.6) is 0 Å². The molecule has 0 saturated heterocycles. The minimum Gasteiger partial charge on any atom is -0.479 e. The van der Waals surface area contributed by atoms with Crippen molar-refractivity contribution in [2.75, 3.05) is 20.3 Å². The molecule has 1 saturated carbocycles. The van der Waals surface area contributed by atoms with Gasteiger partial charge in [-0.1, -0.05) is 55.5 Å². The summed E-state index contributed by atoms with van der Waals surface area (Å²) < 4.78 is 11.3. The molecule has 0 aliphatic heterocycles. The van der Waals surface area contributed by atoms with Gasteiger partial charge in [0.25, 0.3) is 0 Å². The van der Waals surface area contributed by atoms with Crippen molar-refractivity contribution in [2.45, 2.75) is 56.6 Å². The molecule has 6 heteroatoms. The number of amides is 1. The molecule has 4 rings (SSSR count). The molecule has 0 spiro atoms. The highest BCUT2D eigenvalue weighted by Crippen LogP contribution is 2.45. The number of nitrogens with zero attached hydrogens (tertiary/aromatic N) is 1. The van der Waals surface area contributed by atoms with Crippen molar-refractivity contribution < 1.29 is 24.2 Å². The zero-order valence-corrected chi connectivity index (χ0v) is 18.8. The fourth-order valence-corrected chi connectivity index (χ4v) is 5.33. The molecular formula is C26H31NO5. The minimum absolute atomic E-state index is 0.0614. The molecule has 2 aromatic carbocycles. The van der Waals surface area contributed by atoms with E-state index in [4.69, 9.17) is 9.47 Å². The third kappa shape index (κ3) is 3.88. The highest BCUT2D eigenvalue weighted by Gasteiger charge is 2.50. The topological polar surface area (TPSA) is 76.1 Å². The molecule has 1 N–H and O–H groups in total. The molecule has 0 heterocycles. The molecule has 1 amide bonds. The van der Waals surface area contributed by atoms with Crippen molar-refractivity contribution in [1.82, 2.24) is 4.90 Å². The number of aliphatic carboxylic acids is 1. The van der Waals surface area contributed by atoms with Crippen LogP contribution in [0.25, 0.3) is 11.1 Å². The summed E-state index contributed by atoms with van der Waals surface area (Å²) in [5.41, 5.74) is 3.29. The van der Waals surface area contributed by atoms with Gasteiger partial charge in [-0.3, -0.25) is 4.90 Å². The highest BCUT2D eigenvalue weighted by molar-refractivity contribution is 5.85. The lowest BCUT2D eigenvalue weighted by Crippen LogP contribution is -2.60. The van der Waals surface area contributed by atoms with Gasteiger partial charge in [-0.25, -0.2) is 9.59 Å². The number of carboxylic acid groups (broad SMARTS) is 1. The Morgan fingerprint density at radius 1 is 1.09 bits per heavy atom. The normalized spacial score (nSPS) is 22.1. The number of ether oxygens (including phenoxy) is 2. The van der Waals surface area contributed by atoms with E-state index in [2.05, 4.69) is 24.3 Å². The van der Waals surface area contributed by atoms with E-state index in [0.717, 1.165) is 28.7 Å². The fraction of sp³-hybridized carbons (Fsp3) is 0.462. The van der Waals surface area contributed by atoms with Crippen LogP contribution in [-0.4, -0.2) is 54.0 Å². The zero-order valence-electron chi connectivity index (χ0n) is 18.8. The molecule has 0 bridgehead atoms. The number of benzene rings is 2. The van der Waals surface area contributed by atoms with Crippen LogP contribution in [0.1, 0.15) is 56.1 Å². The fourth-order valence-electron chi connectivity index (χ4n) is 5.33. The molecule has 6 nitrogen and oxygen atoms in total. The molecule has 1 fully saturated rings. The quantitative estimate of drug-likeness (QED) is 0.655. The maximum Gasteiger partial charge on any atom is 0.410 e. The van der Waals surface area contributed by atoms with E-state index in [9.17, 15) is 14.7 Å². The van der Waals surface area contributed by atoms with Gasteiger partial charge in [0.1, 0.15) is 12.1 Å². The van der Waals surface area contributed by atoms with Gasteiger partial charge in [0.2, 0.25) is 0 Å². The number of fused-ring (bicyclic) bond motifs is 3. The van der Waals surface area contributed by atoms with Crippen LogP contribution in [0.4, 0.5) is 4.79 Å². The van der Waals surface area contributed by atoms with Crippen molar-refractivity contribution >= 4 is 12.1 Å². The Morgan fingerprint density at radius 2 is 1.72 bits per heavy atom. The van der Waals surface area contributed by atoms with Crippen LogP contribution in [0, 0.1) is 0 Å². The summed E-state index contributed by atoms with van der Waals surface area (Å²) in [6.07, 6.45) is 2.10. The van der Waals surface area contributed by atoms with Gasteiger partial charge in [-0.15, -0.1) is 0 Å². The van der Waals surface area contributed by atoms with Crippen molar-refractivity contribution in [3.63, 3.8) is 0 Å². The Balaban J connectivity index is 1.57. The number of methoxy groups -OCH3 is 1. The first-order valence-electron chi connectivity index (χ1n) is 11.4. The molecule has 2 unspecified atom stereocenters. The van der Waals surface area contributed by atoms with Crippen molar-refractivity contribution in [1.29, 1.82) is 0 Å². The van der Waals surface area contributed by atoms with Gasteiger partial charge in [-0.2, -0.15) is 0 Å². The summed E-state index contributed by atoms with van der Waals surface area (Å²) in [5, 5.41) is 10.2. The maximum absolute atomic E-state index is 13.3. The van der Waals surface area contributed by atoms with E-state index in [0.29, 0.717) is 25.8 Å². The van der Waals surface area contributed by atoms with Crippen LogP contribution >= 0.6 is 0 Å². The lowest BCUT2D eigenvalue weighted by molar-refractivity contribution is -0.156. The van der Waals surface area contributed by atoms with Crippen LogP contribution in [0.3, 0.4) is 0 Å². The lowest BCUT2D eigenvalue weighted by Gasteiger charge is -2.44. The molecule has 0 aromatic heterocycles. The Bertz CT molecular complexity index is 944. The number of rotatable bonds is 7. The zero-order chi connectivity index (χ0) is 22.7. The predicted octanol–water partition coefficient (Wildman–Crippen LogP) is 5.06. The Labute approximate surface area is 189 Å². The maximum atomic E-state index is 13.3. The van der Waals surface area contributed by atoms with Crippen LogP contribution in [0.2, 0.25) is 0 Å². The summed E-state index contributed by atoms with van der Waals surface area (Å²) in [6.45, 7) is 2.45. The summed E-state index contributed by atoms with van der Waals surface area (Å²) in [6, 6.07) is 16.3. The van der Waals surface area contributed by atoms with Crippen LogP contribution in [-0.2, 0) is 14.3 Å².